The Hall–Kier alpha value is -2.88. The third kappa shape index (κ3) is 7.79. The van der Waals surface area contributed by atoms with E-state index in [-0.39, 0.29) is 5.91 Å². The Labute approximate surface area is 153 Å². The SMILES string of the molecule is COC(=O)[C@@H](CCCCC#N)NC(=O)[C@@H](Cc1ccccc1)NC(C)=O. The lowest BCUT2D eigenvalue weighted by Gasteiger charge is -2.22. The van der Waals surface area contributed by atoms with Gasteiger partial charge in [-0.2, -0.15) is 5.26 Å². The minimum atomic E-state index is -0.807. The molecule has 0 unspecified atom stereocenters. The Morgan fingerprint density at radius 1 is 1.12 bits per heavy atom. The van der Waals surface area contributed by atoms with Crippen molar-refractivity contribution in [2.24, 2.45) is 0 Å². The highest BCUT2D eigenvalue weighted by Crippen LogP contribution is 2.08. The fraction of sp³-hybridized carbons (Fsp3) is 0.474. The van der Waals surface area contributed by atoms with Crippen LogP contribution in [0.3, 0.4) is 0 Å². The van der Waals surface area contributed by atoms with Gasteiger partial charge in [0.25, 0.3) is 0 Å². The molecule has 0 saturated carbocycles. The quantitative estimate of drug-likeness (QED) is 0.486. The molecular weight excluding hydrogens is 334 g/mol. The van der Waals surface area contributed by atoms with E-state index in [1.54, 1.807) is 0 Å². The molecule has 0 radical (unpaired) electrons. The van der Waals surface area contributed by atoms with Crippen molar-refractivity contribution in [1.29, 1.82) is 5.26 Å². The summed E-state index contributed by atoms with van der Waals surface area (Å²) in [5, 5.41) is 13.9. The maximum atomic E-state index is 12.6. The molecule has 2 amide bonds. The summed E-state index contributed by atoms with van der Waals surface area (Å²) < 4.78 is 4.74. The van der Waals surface area contributed by atoms with Crippen LogP contribution >= 0.6 is 0 Å². The number of nitriles is 1. The van der Waals surface area contributed by atoms with Crippen molar-refractivity contribution in [3.63, 3.8) is 0 Å². The Kier molecular flexibility index (Phi) is 9.47. The first-order valence-corrected chi connectivity index (χ1v) is 8.54. The highest BCUT2D eigenvalue weighted by molar-refractivity contribution is 5.90. The number of methoxy groups -OCH3 is 1. The van der Waals surface area contributed by atoms with E-state index in [0.717, 1.165) is 5.56 Å². The standard InChI is InChI=1S/C19H25N3O4/c1-14(23)21-17(13-15-9-5-3-6-10-15)18(24)22-16(19(25)26-2)11-7-4-8-12-20/h3,5-6,9-10,16-17H,4,7-8,11,13H2,1-2H3,(H,21,23)(H,22,24)/t16-,17-/m1/s1. The number of carbonyl (C=O) groups is 3. The van der Waals surface area contributed by atoms with Crippen LogP contribution in [0.5, 0.6) is 0 Å². The maximum absolute atomic E-state index is 12.6. The molecule has 2 N–H and O–H groups in total. The molecule has 1 aromatic rings. The van der Waals surface area contributed by atoms with E-state index >= 15 is 0 Å². The molecule has 1 aromatic carbocycles. The highest BCUT2D eigenvalue weighted by atomic mass is 16.5. The number of amides is 2. The third-order valence-electron chi connectivity index (χ3n) is 3.81. The third-order valence-corrected chi connectivity index (χ3v) is 3.81. The van der Waals surface area contributed by atoms with Crippen LogP contribution in [0.25, 0.3) is 0 Å². The Bertz CT molecular complexity index is 640. The van der Waals surface area contributed by atoms with E-state index in [2.05, 4.69) is 10.6 Å². The van der Waals surface area contributed by atoms with Gasteiger partial charge in [-0.25, -0.2) is 4.79 Å². The van der Waals surface area contributed by atoms with Crippen molar-refractivity contribution >= 4 is 17.8 Å². The van der Waals surface area contributed by atoms with Gasteiger partial charge in [0.05, 0.1) is 13.2 Å². The van der Waals surface area contributed by atoms with Crippen LogP contribution in [0.2, 0.25) is 0 Å². The number of rotatable bonds is 10. The van der Waals surface area contributed by atoms with Crippen LogP contribution in [0.1, 0.15) is 38.2 Å². The average Bonchev–Trinajstić information content (AvgIpc) is 2.63. The molecule has 7 heteroatoms. The van der Waals surface area contributed by atoms with E-state index in [1.807, 2.05) is 36.4 Å². The van der Waals surface area contributed by atoms with Crippen LogP contribution in [-0.2, 0) is 25.5 Å². The largest absolute Gasteiger partial charge is 0.467 e. The van der Waals surface area contributed by atoms with E-state index in [4.69, 9.17) is 10.00 Å². The van der Waals surface area contributed by atoms with E-state index in [9.17, 15) is 14.4 Å². The minimum Gasteiger partial charge on any atom is -0.467 e. The number of unbranched alkanes of at least 4 members (excludes halogenated alkanes) is 2. The summed E-state index contributed by atoms with van der Waals surface area (Å²) in [6.45, 7) is 1.34. The first-order chi connectivity index (χ1) is 12.5. The summed E-state index contributed by atoms with van der Waals surface area (Å²) in [6, 6.07) is 9.74. The zero-order chi connectivity index (χ0) is 19.4. The van der Waals surface area contributed by atoms with Crippen LogP contribution in [0, 0.1) is 11.3 Å². The van der Waals surface area contributed by atoms with Crippen LogP contribution in [0.15, 0.2) is 30.3 Å². The number of carbonyl (C=O) groups excluding carboxylic acids is 3. The predicted molar refractivity (Wildman–Crippen MR) is 95.8 cm³/mol. The summed E-state index contributed by atoms with van der Waals surface area (Å²) in [7, 11) is 1.26. The van der Waals surface area contributed by atoms with Gasteiger partial charge in [-0.05, 0) is 24.8 Å². The van der Waals surface area contributed by atoms with E-state index in [0.29, 0.717) is 32.1 Å². The van der Waals surface area contributed by atoms with Gasteiger partial charge in [0.15, 0.2) is 0 Å². The van der Waals surface area contributed by atoms with Crippen LogP contribution in [-0.4, -0.2) is 37.0 Å². The van der Waals surface area contributed by atoms with Crippen molar-refractivity contribution < 1.29 is 19.1 Å². The van der Waals surface area contributed by atoms with Gasteiger partial charge in [-0.15, -0.1) is 0 Å². The van der Waals surface area contributed by atoms with Crippen molar-refractivity contribution in [3.05, 3.63) is 35.9 Å². The number of hydrogen-bond donors (Lipinski definition) is 2. The molecule has 1 rings (SSSR count). The van der Waals surface area contributed by atoms with Gasteiger partial charge < -0.3 is 15.4 Å². The minimum absolute atomic E-state index is 0.314. The Morgan fingerprint density at radius 3 is 2.38 bits per heavy atom. The smallest absolute Gasteiger partial charge is 0.328 e. The molecule has 0 aliphatic heterocycles. The van der Waals surface area contributed by atoms with Crippen LogP contribution in [0.4, 0.5) is 0 Å². The monoisotopic (exact) mass is 359 g/mol. The summed E-state index contributed by atoms with van der Waals surface area (Å²) in [5.74, 6) is -1.32. The summed E-state index contributed by atoms with van der Waals surface area (Å²) >= 11 is 0. The van der Waals surface area contributed by atoms with E-state index in [1.165, 1.54) is 14.0 Å². The average molecular weight is 359 g/mol. The van der Waals surface area contributed by atoms with E-state index < -0.39 is 24.0 Å². The molecule has 7 nitrogen and oxygen atoms in total. The van der Waals surface area contributed by atoms with Crippen molar-refractivity contribution in [2.45, 2.75) is 51.1 Å². The van der Waals surface area contributed by atoms with Crippen molar-refractivity contribution in [1.82, 2.24) is 10.6 Å². The molecule has 0 saturated heterocycles. The van der Waals surface area contributed by atoms with Gasteiger partial charge in [0, 0.05) is 19.8 Å². The van der Waals surface area contributed by atoms with Gasteiger partial charge in [-0.1, -0.05) is 30.3 Å². The molecule has 2 atom stereocenters. The van der Waals surface area contributed by atoms with Crippen molar-refractivity contribution in [2.75, 3.05) is 7.11 Å². The topological polar surface area (TPSA) is 108 Å². The zero-order valence-corrected chi connectivity index (χ0v) is 15.2. The number of benzene rings is 1. The lowest BCUT2D eigenvalue weighted by atomic mass is 10.0. The molecule has 140 valence electrons. The molecule has 0 aliphatic carbocycles. The number of hydrogen-bond acceptors (Lipinski definition) is 5. The Morgan fingerprint density at radius 2 is 1.81 bits per heavy atom. The first kappa shape index (κ1) is 21.2. The molecule has 0 aromatic heterocycles. The Balaban J connectivity index is 2.77. The number of nitrogens with zero attached hydrogens (tertiary/aromatic N) is 1. The molecule has 0 spiro atoms. The highest BCUT2D eigenvalue weighted by Gasteiger charge is 2.26. The summed E-state index contributed by atoms with van der Waals surface area (Å²) in [6.07, 6.45) is 2.33. The summed E-state index contributed by atoms with van der Waals surface area (Å²) in [4.78, 5) is 36.0. The molecule has 0 heterocycles. The number of esters is 1. The predicted octanol–water partition coefficient (Wildman–Crippen LogP) is 1.48. The molecule has 0 fully saturated rings. The zero-order valence-electron chi connectivity index (χ0n) is 15.2. The lowest BCUT2D eigenvalue weighted by Crippen LogP contribution is -2.52. The van der Waals surface area contributed by atoms with Gasteiger partial charge in [0.1, 0.15) is 12.1 Å². The first-order valence-electron chi connectivity index (χ1n) is 8.54. The fourth-order valence-electron chi connectivity index (χ4n) is 2.52. The second-order valence-corrected chi connectivity index (χ2v) is 5.93. The van der Waals surface area contributed by atoms with Crippen molar-refractivity contribution in [3.8, 4) is 6.07 Å². The lowest BCUT2D eigenvalue weighted by molar-refractivity contribution is -0.145. The molecule has 0 aliphatic rings. The van der Waals surface area contributed by atoms with Gasteiger partial charge in [-0.3, -0.25) is 9.59 Å². The summed E-state index contributed by atoms with van der Waals surface area (Å²) in [5.41, 5.74) is 0.894. The molecule has 0 bridgehead atoms. The van der Waals surface area contributed by atoms with Crippen LogP contribution < -0.4 is 10.6 Å². The van der Waals surface area contributed by atoms with Gasteiger partial charge in [0.2, 0.25) is 11.8 Å². The normalized spacial score (nSPS) is 12.3. The molecule has 26 heavy (non-hydrogen) atoms. The number of ether oxygens (including phenoxy) is 1. The van der Waals surface area contributed by atoms with Gasteiger partial charge >= 0.3 is 5.97 Å². The molecular formula is C19H25N3O4. The second kappa shape index (κ2) is 11.6. The fourth-order valence-corrected chi connectivity index (χ4v) is 2.52. The second-order valence-electron chi connectivity index (χ2n) is 5.93. The number of nitrogens with one attached hydrogen (secondary N) is 2. The maximum Gasteiger partial charge on any atom is 0.328 e.